The standard InChI is InChI=1S/C6H12O2/c1-5(7)4-6(2)8-3/h4,6-7H,1-3H3/p-1/b5-4+. The molecule has 1 unspecified atom stereocenters. The molecule has 0 aromatic heterocycles. The quantitative estimate of drug-likeness (QED) is 0.484. The predicted octanol–water partition coefficient (Wildman–Crippen LogP) is 0.285. The van der Waals surface area contributed by atoms with E-state index >= 15 is 0 Å². The lowest BCUT2D eigenvalue weighted by Gasteiger charge is -2.07. The van der Waals surface area contributed by atoms with Crippen molar-refractivity contribution in [2.24, 2.45) is 0 Å². The van der Waals surface area contributed by atoms with Crippen molar-refractivity contribution in [2.75, 3.05) is 7.11 Å². The van der Waals surface area contributed by atoms with Crippen LogP contribution in [0, 0.1) is 0 Å². The van der Waals surface area contributed by atoms with Crippen LogP contribution < -0.4 is 5.11 Å². The second-order valence-electron chi connectivity index (χ2n) is 1.72. The normalized spacial score (nSPS) is 16.1. The Kier molecular flexibility index (Phi) is 3.28. The van der Waals surface area contributed by atoms with Gasteiger partial charge in [0.05, 0.1) is 6.10 Å². The number of methoxy groups -OCH3 is 1. The Hall–Kier alpha value is -0.500. The van der Waals surface area contributed by atoms with E-state index in [-0.39, 0.29) is 11.9 Å². The number of ether oxygens (including phenoxy) is 1. The molecule has 0 N–H and O–H groups in total. The fraction of sp³-hybridized carbons (Fsp3) is 0.667. The molecule has 0 spiro atoms. The second kappa shape index (κ2) is 3.50. The Morgan fingerprint density at radius 2 is 2.25 bits per heavy atom. The Bertz CT molecular complexity index is 82.5. The molecule has 0 saturated carbocycles. The van der Waals surface area contributed by atoms with Gasteiger partial charge in [0, 0.05) is 7.11 Å². The van der Waals surface area contributed by atoms with Gasteiger partial charge in [-0.15, -0.1) is 5.76 Å². The van der Waals surface area contributed by atoms with E-state index in [1.807, 2.05) is 6.92 Å². The van der Waals surface area contributed by atoms with Gasteiger partial charge >= 0.3 is 0 Å². The molecule has 0 radical (unpaired) electrons. The minimum Gasteiger partial charge on any atom is -0.876 e. The highest BCUT2D eigenvalue weighted by molar-refractivity contribution is 4.89. The highest BCUT2D eigenvalue weighted by Crippen LogP contribution is 1.90. The molecule has 1 atom stereocenters. The third kappa shape index (κ3) is 3.68. The summed E-state index contributed by atoms with van der Waals surface area (Å²) in [5.74, 6) is 0.0550. The first kappa shape index (κ1) is 7.50. The molecule has 0 amide bonds. The van der Waals surface area contributed by atoms with Crippen molar-refractivity contribution >= 4 is 0 Å². The van der Waals surface area contributed by atoms with Gasteiger partial charge in [0.25, 0.3) is 0 Å². The topological polar surface area (TPSA) is 32.3 Å². The van der Waals surface area contributed by atoms with E-state index in [1.54, 1.807) is 7.11 Å². The van der Waals surface area contributed by atoms with E-state index in [4.69, 9.17) is 4.74 Å². The molecule has 0 bridgehead atoms. The third-order valence-corrected chi connectivity index (χ3v) is 0.841. The van der Waals surface area contributed by atoms with Crippen LogP contribution in [-0.2, 0) is 4.74 Å². The molecule has 0 rings (SSSR count). The highest BCUT2D eigenvalue weighted by Gasteiger charge is 1.87. The van der Waals surface area contributed by atoms with Gasteiger partial charge in [0.2, 0.25) is 0 Å². The van der Waals surface area contributed by atoms with Gasteiger partial charge in [-0.3, -0.25) is 0 Å². The maximum Gasteiger partial charge on any atom is 0.0717 e. The highest BCUT2D eigenvalue weighted by atomic mass is 16.5. The van der Waals surface area contributed by atoms with Crippen LogP contribution in [0.2, 0.25) is 0 Å². The molecule has 0 aliphatic rings. The van der Waals surface area contributed by atoms with Crippen LogP contribution in [0.1, 0.15) is 13.8 Å². The van der Waals surface area contributed by atoms with Crippen LogP contribution in [0.4, 0.5) is 0 Å². The van der Waals surface area contributed by atoms with Crippen molar-refractivity contribution in [3.63, 3.8) is 0 Å². The zero-order chi connectivity index (χ0) is 6.57. The van der Waals surface area contributed by atoms with Crippen LogP contribution in [0.3, 0.4) is 0 Å². The largest absolute Gasteiger partial charge is 0.876 e. The summed E-state index contributed by atoms with van der Waals surface area (Å²) in [7, 11) is 1.57. The Morgan fingerprint density at radius 1 is 1.75 bits per heavy atom. The van der Waals surface area contributed by atoms with E-state index in [1.165, 1.54) is 13.0 Å². The smallest absolute Gasteiger partial charge is 0.0717 e. The molecule has 0 aliphatic carbocycles. The summed E-state index contributed by atoms with van der Waals surface area (Å²) < 4.78 is 4.78. The summed E-state index contributed by atoms with van der Waals surface area (Å²) in [5.41, 5.74) is 0. The van der Waals surface area contributed by atoms with Crippen LogP contribution in [0.25, 0.3) is 0 Å². The SMILES string of the molecule is COC(C)/C=C(\C)[O-]. The van der Waals surface area contributed by atoms with Crippen LogP contribution in [-0.4, -0.2) is 13.2 Å². The number of hydrogen-bond acceptors (Lipinski definition) is 2. The average Bonchev–Trinajstić information content (AvgIpc) is 1.65. The van der Waals surface area contributed by atoms with E-state index in [0.29, 0.717) is 0 Å². The van der Waals surface area contributed by atoms with E-state index < -0.39 is 0 Å². The summed E-state index contributed by atoms with van der Waals surface area (Å²) in [5, 5.41) is 10.3. The molecule has 48 valence electrons. The Labute approximate surface area is 49.8 Å². The summed E-state index contributed by atoms with van der Waals surface area (Å²) in [6.07, 6.45) is 1.48. The minimum atomic E-state index is -0.0486. The summed E-state index contributed by atoms with van der Waals surface area (Å²) in [4.78, 5) is 0. The molecular formula is C6H11O2-. The van der Waals surface area contributed by atoms with Crippen molar-refractivity contribution in [3.05, 3.63) is 11.8 Å². The number of hydrogen-bond donors (Lipinski definition) is 0. The van der Waals surface area contributed by atoms with Gasteiger partial charge in [-0.05, 0) is 6.92 Å². The lowest BCUT2D eigenvalue weighted by Crippen LogP contribution is -2.06. The second-order valence-corrected chi connectivity index (χ2v) is 1.72. The van der Waals surface area contributed by atoms with E-state index in [2.05, 4.69) is 0 Å². The molecule has 0 aromatic carbocycles. The van der Waals surface area contributed by atoms with Crippen molar-refractivity contribution in [3.8, 4) is 0 Å². The van der Waals surface area contributed by atoms with Gasteiger partial charge in [0.1, 0.15) is 0 Å². The molecule has 2 nitrogen and oxygen atoms in total. The fourth-order valence-corrected chi connectivity index (χ4v) is 0.399. The predicted molar refractivity (Wildman–Crippen MR) is 30.2 cm³/mol. The first-order chi connectivity index (χ1) is 3.66. The zero-order valence-corrected chi connectivity index (χ0v) is 5.47. The van der Waals surface area contributed by atoms with Gasteiger partial charge in [0.15, 0.2) is 0 Å². The van der Waals surface area contributed by atoms with Gasteiger partial charge < -0.3 is 9.84 Å². The van der Waals surface area contributed by atoms with E-state index in [9.17, 15) is 5.11 Å². The summed E-state index contributed by atoms with van der Waals surface area (Å²) in [6.45, 7) is 3.33. The van der Waals surface area contributed by atoms with Crippen LogP contribution in [0.15, 0.2) is 11.8 Å². The third-order valence-electron chi connectivity index (χ3n) is 0.841. The van der Waals surface area contributed by atoms with Crippen molar-refractivity contribution in [2.45, 2.75) is 20.0 Å². The van der Waals surface area contributed by atoms with Crippen molar-refractivity contribution < 1.29 is 9.84 Å². The lowest BCUT2D eigenvalue weighted by molar-refractivity contribution is -0.302. The first-order valence-corrected chi connectivity index (χ1v) is 2.55. The van der Waals surface area contributed by atoms with Crippen molar-refractivity contribution in [1.82, 2.24) is 0 Å². The molecular weight excluding hydrogens is 104 g/mol. The lowest BCUT2D eigenvalue weighted by atomic mass is 10.3. The maximum atomic E-state index is 10.3. The summed E-state index contributed by atoms with van der Waals surface area (Å²) in [6, 6.07) is 0. The Balaban J connectivity index is 3.51. The molecule has 0 saturated heterocycles. The average molecular weight is 115 g/mol. The summed E-state index contributed by atoms with van der Waals surface area (Å²) >= 11 is 0. The molecule has 0 heterocycles. The van der Waals surface area contributed by atoms with Crippen LogP contribution >= 0.6 is 0 Å². The van der Waals surface area contributed by atoms with E-state index in [0.717, 1.165) is 0 Å². The van der Waals surface area contributed by atoms with Gasteiger partial charge in [-0.25, -0.2) is 0 Å². The van der Waals surface area contributed by atoms with Crippen LogP contribution in [0.5, 0.6) is 0 Å². The first-order valence-electron chi connectivity index (χ1n) is 2.55. The number of allylic oxidation sites excluding steroid dienone is 1. The van der Waals surface area contributed by atoms with Gasteiger partial charge in [-0.1, -0.05) is 13.0 Å². The molecule has 0 aliphatic heterocycles. The molecule has 2 heteroatoms. The minimum absolute atomic E-state index is 0.0486. The maximum absolute atomic E-state index is 10.3. The number of rotatable bonds is 2. The molecule has 8 heavy (non-hydrogen) atoms. The molecule has 0 aromatic rings. The fourth-order valence-electron chi connectivity index (χ4n) is 0.399. The van der Waals surface area contributed by atoms with Crippen molar-refractivity contribution in [1.29, 1.82) is 0 Å². The monoisotopic (exact) mass is 115 g/mol. The Morgan fingerprint density at radius 3 is 2.38 bits per heavy atom. The molecule has 0 fully saturated rings. The zero-order valence-electron chi connectivity index (χ0n) is 5.47. The van der Waals surface area contributed by atoms with Gasteiger partial charge in [-0.2, -0.15) is 0 Å².